The Labute approximate surface area is 105 Å². The lowest BCUT2D eigenvalue weighted by atomic mass is 10.2. The molecule has 0 bridgehead atoms. The second-order valence-electron chi connectivity index (χ2n) is 3.67. The van der Waals surface area contributed by atoms with Gasteiger partial charge in [-0.1, -0.05) is 22.9 Å². The molecule has 0 aliphatic carbocycles. The highest BCUT2D eigenvalue weighted by atomic mass is 79.9. The van der Waals surface area contributed by atoms with E-state index in [9.17, 15) is 4.79 Å². The van der Waals surface area contributed by atoms with Gasteiger partial charge in [0, 0.05) is 16.7 Å². The normalized spacial score (nSPS) is 9.94. The second kappa shape index (κ2) is 6.53. The summed E-state index contributed by atoms with van der Waals surface area (Å²) < 4.78 is 1.08. The molecule has 0 heterocycles. The highest BCUT2D eigenvalue weighted by Gasteiger charge is 2.01. The molecular formula is C12H17BrN2O. The number of hydrogen-bond acceptors (Lipinski definition) is 2. The lowest BCUT2D eigenvalue weighted by Gasteiger charge is -2.08. The van der Waals surface area contributed by atoms with Crippen LogP contribution in [0.15, 0.2) is 22.7 Å². The molecule has 0 atom stereocenters. The quantitative estimate of drug-likeness (QED) is 0.873. The number of carbonyl (C=O) groups is 1. The molecular weight excluding hydrogens is 268 g/mol. The molecule has 0 spiro atoms. The summed E-state index contributed by atoms with van der Waals surface area (Å²) in [5.41, 5.74) is 2.12. The summed E-state index contributed by atoms with van der Waals surface area (Å²) in [5, 5.41) is 5.91. The highest BCUT2D eigenvalue weighted by Crippen LogP contribution is 2.19. The van der Waals surface area contributed by atoms with Crippen molar-refractivity contribution >= 4 is 27.5 Å². The lowest BCUT2D eigenvalue weighted by molar-refractivity contribution is -0.119. The molecule has 1 amide bonds. The second-order valence-corrected chi connectivity index (χ2v) is 4.52. The van der Waals surface area contributed by atoms with E-state index in [-0.39, 0.29) is 5.91 Å². The first-order chi connectivity index (χ1) is 7.63. The van der Waals surface area contributed by atoms with Gasteiger partial charge in [0.05, 0.1) is 6.54 Å². The number of halogens is 1. The third kappa shape index (κ3) is 4.23. The van der Waals surface area contributed by atoms with Gasteiger partial charge in [0.1, 0.15) is 0 Å². The van der Waals surface area contributed by atoms with Gasteiger partial charge in [-0.15, -0.1) is 0 Å². The van der Waals surface area contributed by atoms with Crippen LogP contribution in [0.4, 0.5) is 5.69 Å². The van der Waals surface area contributed by atoms with E-state index in [1.165, 1.54) is 0 Å². The van der Waals surface area contributed by atoms with Crippen molar-refractivity contribution in [1.82, 2.24) is 5.32 Å². The van der Waals surface area contributed by atoms with Crippen LogP contribution in [0.25, 0.3) is 0 Å². The fraction of sp³-hybridized carbons (Fsp3) is 0.417. The maximum absolute atomic E-state index is 11.3. The van der Waals surface area contributed by atoms with Crippen LogP contribution in [0.3, 0.4) is 0 Å². The maximum Gasteiger partial charge on any atom is 0.239 e. The van der Waals surface area contributed by atoms with Gasteiger partial charge < -0.3 is 10.6 Å². The number of aryl methyl sites for hydroxylation is 1. The molecule has 0 fully saturated rings. The number of benzene rings is 1. The molecule has 1 rings (SSSR count). The summed E-state index contributed by atoms with van der Waals surface area (Å²) in [4.78, 5) is 11.3. The van der Waals surface area contributed by atoms with Crippen molar-refractivity contribution in [2.24, 2.45) is 0 Å². The van der Waals surface area contributed by atoms with Gasteiger partial charge in [0.15, 0.2) is 0 Å². The van der Waals surface area contributed by atoms with Crippen molar-refractivity contribution in [3.63, 3.8) is 0 Å². The summed E-state index contributed by atoms with van der Waals surface area (Å²) >= 11 is 3.44. The molecule has 3 nitrogen and oxygen atoms in total. The van der Waals surface area contributed by atoms with Crippen molar-refractivity contribution < 1.29 is 4.79 Å². The van der Waals surface area contributed by atoms with Crippen LogP contribution in [0.5, 0.6) is 0 Å². The Morgan fingerprint density at radius 3 is 2.81 bits per heavy atom. The van der Waals surface area contributed by atoms with Crippen LogP contribution in [-0.2, 0) is 4.79 Å². The molecule has 0 radical (unpaired) electrons. The van der Waals surface area contributed by atoms with E-state index in [0.717, 1.165) is 28.7 Å². The van der Waals surface area contributed by atoms with E-state index < -0.39 is 0 Å². The fourth-order valence-corrected chi connectivity index (χ4v) is 1.51. The summed E-state index contributed by atoms with van der Waals surface area (Å²) in [5.74, 6) is 0.0300. The summed E-state index contributed by atoms with van der Waals surface area (Å²) in [7, 11) is 0. The number of hydrogen-bond donors (Lipinski definition) is 2. The zero-order chi connectivity index (χ0) is 12.0. The van der Waals surface area contributed by atoms with Crippen LogP contribution in [0.1, 0.15) is 18.9 Å². The molecule has 0 aliphatic heterocycles. The van der Waals surface area contributed by atoms with Crippen LogP contribution in [-0.4, -0.2) is 19.0 Å². The van der Waals surface area contributed by atoms with Gasteiger partial charge in [-0.25, -0.2) is 0 Å². The maximum atomic E-state index is 11.3. The first-order valence-electron chi connectivity index (χ1n) is 5.40. The van der Waals surface area contributed by atoms with Crippen molar-refractivity contribution in [2.45, 2.75) is 20.3 Å². The Morgan fingerprint density at radius 1 is 1.44 bits per heavy atom. The Bertz CT molecular complexity index is 366. The van der Waals surface area contributed by atoms with E-state index in [1.54, 1.807) is 0 Å². The number of amides is 1. The van der Waals surface area contributed by atoms with Gasteiger partial charge in [-0.05, 0) is 37.1 Å². The van der Waals surface area contributed by atoms with Gasteiger partial charge in [-0.3, -0.25) is 4.79 Å². The van der Waals surface area contributed by atoms with Crippen molar-refractivity contribution in [3.05, 3.63) is 28.2 Å². The standard InChI is InChI=1S/C12H17BrN2O/c1-3-6-14-12(16)8-15-10-4-5-11(13)9(2)7-10/h4-5,7,15H,3,6,8H2,1-2H3,(H,14,16). The zero-order valence-corrected chi connectivity index (χ0v) is 11.2. The molecule has 0 aliphatic rings. The predicted molar refractivity (Wildman–Crippen MR) is 70.7 cm³/mol. The van der Waals surface area contributed by atoms with Gasteiger partial charge in [-0.2, -0.15) is 0 Å². The third-order valence-corrected chi connectivity index (χ3v) is 3.07. The van der Waals surface area contributed by atoms with Gasteiger partial charge >= 0.3 is 0 Å². The van der Waals surface area contributed by atoms with E-state index in [1.807, 2.05) is 32.0 Å². The fourth-order valence-electron chi connectivity index (χ4n) is 1.26. The SMILES string of the molecule is CCCNC(=O)CNc1ccc(Br)c(C)c1. The minimum atomic E-state index is 0.0300. The van der Waals surface area contributed by atoms with Crippen molar-refractivity contribution in [3.8, 4) is 0 Å². The van der Waals surface area contributed by atoms with Gasteiger partial charge in [0.2, 0.25) is 5.91 Å². The monoisotopic (exact) mass is 284 g/mol. The molecule has 0 saturated carbocycles. The van der Waals surface area contributed by atoms with Crippen molar-refractivity contribution in [1.29, 1.82) is 0 Å². The average molecular weight is 285 g/mol. The van der Waals surface area contributed by atoms with Crippen LogP contribution in [0.2, 0.25) is 0 Å². The van der Waals surface area contributed by atoms with E-state index >= 15 is 0 Å². The third-order valence-electron chi connectivity index (χ3n) is 2.18. The average Bonchev–Trinajstić information content (AvgIpc) is 2.28. The first-order valence-corrected chi connectivity index (χ1v) is 6.19. The number of anilines is 1. The molecule has 4 heteroatoms. The number of nitrogens with one attached hydrogen (secondary N) is 2. The van der Waals surface area contributed by atoms with Crippen LogP contribution >= 0.6 is 15.9 Å². The number of carbonyl (C=O) groups excluding carboxylic acids is 1. The van der Waals surface area contributed by atoms with E-state index in [0.29, 0.717) is 6.54 Å². The van der Waals surface area contributed by atoms with Crippen molar-refractivity contribution in [2.75, 3.05) is 18.4 Å². The molecule has 16 heavy (non-hydrogen) atoms. The van der Waals surface area contributed by atoms with E-state index in [2.05, 4.69) is 26.6 Å². The summed E-state index contributed by atoms with van der Waals surface area (Å²) in [6.45, 7) is 5.11. The molecule has 88 valence electrons. The summed E-state index contributed by atoms with van der Waals surface area (Å²) in [6, 6.07) is 5.93. The largest absolute Gasteiger partial charge is 0.376 e. The minimum Gasteiger partial charge on any atom is -0.376 e. The lowest BCUT2D eigenvalue weighted by Crippen LogP contribution is -2.30. The van der Waals surface area contributed by atoms with Gasteiger partial charge in [0.25, 0.3) is 0 Å². The van der Waals surface area contributed by atoms with Crippen LogP contribution < -0.4 is 10.6 Å². The Hall–Kier alpha value is -1.03. The predicted octanol–water partition coefficient (Wildman–Crippen LogP) is 2.70. The number of rotatable bonds is 5. The Morgan fingerprint density at radius 2 is 2.19 bits per heavy atom. The smallest absolute Gasteiger partial charge is 0.239 e. The Balaban J connectivity index is 2.42. The highest BCUT2D eigenvalue weighted by molar-refractivity contribution is 9.10. The molecule has 2 N–H and O–H groups in total. The molecule has 0 aromatic heterocycles. The van der Waals surface area contributed by atoms with E-state index in [4.69, 9.17) is 0 Å². The Kier molecular flexibility index (Phi) is 5.32. The van der Waals surface area contributed by atoms with Crippen LogP contribution in [0, 0.1) is 6.92 Å². The topological polar surface area (TPSA) is 41.1 Å². The molecule has 1 aromatic carbocycles. The molecule has 1 aromatic rings. The molecule has 0 saturated heterocycles. The molecule has 0 unspecified atom stereocenters. The zero-order valence-electron chi connectivity index (χ0n) is 9.64. The first kappa shape index (κ1) is 13.0. The minimum absolute atomic E-state index is 0.0300. The summed E-state index contributed by atoms with van der Waals surface area (Å²) in [6.07, 6.45) is 0.961.